The second-order valence-electron chi connectivity index (χ2n) is 7.36. The van der Waals surface area contributed by atoms with E-state index in [0.29, 0.717) is 17.4 Å². The van der Waals surface area contributed by atoms with Crippen molar-refractivity contribution in [1.29, 1.82) is 0 Å². The van der Waals surface area contributed by atoms with Crippen LogP contribution < -0.4 is 5.32 Å². The molecule has 2 aliphatic carbocycles. The van der Waals surface area contributed by atoms with Crippen molar-refractivity contribution in [3.8, 4) is 0 Å². The van der Waals surface area contributed by atoms with Gasteiger partial charge < -0.3 is 5.32 Å². The Morgan fingerprint density at radius 1 is 1.10 bits per heavy atom. The zero-order valence-corrected chi connectivity index (χ0v) is 14.1. The van der Waals surface area contributed by atoms with Gasteiger partial charge in [-0.3, -0.25) is 0 Å². The minimum absolute atomic E-state index is 0.107. The monoisotopic (exact) mass is 301 g/mol. The van der Waals surface area contributed by atoms with Crippen molar-refractivity contribution in [3.05, 3.63) is 0 Å². The molecule has 0 aromatic carbocycles. The molecule has 0 heterocycles. The van der Waals surface area contributed by atoms with E-state index in [1.165, 1.54) is 44.8 Å². The SMILES string of the molecule is CNC(C1CCCC(S(C)(=O)=O)C1)C1(C)CCCCC1. The third-order valence-corrected chi connectivity index (χ3v) is 7.44. The molecule has 20 heavy (non-hydrogen) atoms. The van der Waals surface area contributed by atoms with E-state index in [1.807, 2.05) is 0 Å². The molecule has 0 aliphatic heterocycles. The Morgan fingerprint density at radius 3 is 2.30 bits per heavy atom. The van der Waals surface area contributed by atoms with Gasteiger partial charge in [-0.2, -0.15) is 0 Å². The second-order valence-corrected chi connectivity index (χ2v) is 9.68. The molecule has 0 saturated heterocycles. The van der Waals surface area contributed by atoms with Crippen molar-refractivity contribution in [2.45, 2.75) is 76.0 Å². The minimum Gasteiger partial charge on any atom is -0.316 e. The summed E-state index contributed by atoms with van der Waals surface area (Å²) in [5, 5.41) is 3.45. The maximum absolute atomic E-state index is 11.9. The highest BCUT2D eigenvalue weighted by atomic mass is 32.2. The van der Waals surface area contributed by atoms with Crippen LogP contribution in [0.15, 0.2) is 0 Å². The van der Waals surface area contributed by atoms with Gasteiger partial charge in [0.2, 0.25) is 0 Å². The average molecular weight is 301 g/mol. The van der Waals surface area contributed by atoms with Crippen LogP contribution in [0.5, 0.6) is 0 Å². The fourth-order valence-corrected chi connectivity index (χ4v) is 5.89. The van der Waals surface area contributed by atoms with E-state index < -0.39 is 9.84 Å². The predicted octanol–water partition coefficient (Wildman–Crippen LogP) is 3.15. The highest BCUT2D eigenvalue weighted by molar-refractivity contribution is 7.91. The van der Waals surface area contributed by atoms with E-state index >= 15 is 0 Å². The van der Waals surface area contributed by atoms with Crippen molar-refractivity contribution < 1.29 is 8.42 Å². The fraction of sp³-hybridized carbons (Fsp3) is 1.00. The summed E-state index contributed by atoms with van der Waals surface area (Å²) in [6.45, 7) is 2.41. The van der Waals surface area contributed by atoms with Crippen molar-refractivity contribution in [3.63, 3.8) is 0 Å². The molecule has 0 aromatic rings. The summed E-state index contributed by atoms with van der Waals surface area (Å²) in [5.41, 5.74) is 0.358. The van der Waals surface area contributed by atoms with Gasteiger partial charge in [-0.25, -0.2) is 8.42 Å². The molecule has 0 spiro atoms. The van der Waals surface area contributed by atoms with Gasteiger partial charge in [-0.15, -0.1) is 0 Å². The summed E-state index contributed by atoms with van der Waals surface area (Å²) in [6, 6.07) is 0.479. The zero-order chi connectivity index (χ0) is 14.8. The van der Waals surface area contributed by atoms with Crippen LogP contribution in [0.4, 0.5) is 0 Å². The highest BCUT2D eigenvalue weighted by Crippen LogP contribution is 2.44. The van der Waals surface area contributed by atoms with Gasteiger partial charge in [0.1, 0.15) is 9.84 Å². The molecule has 0 radical (unpaired) electrons. The Balaban J connectivity index is 2.10. The molecule has 3 unspecified atom stereocenters. The summed E-state index contributed by atoms with van der Waals surface area (Å²) >= 11 is 0. The summed E-state index contributed by atoms with van der Waals surface area (Å²) in [5.74, 6) is 0.525. The number of rotatable bonds is 4. The Labute approximate surface area is 124 Å². The van der Waals surface area contributed by atoms with E-state index in [0.717, 1.165) is 19.3 Å². The Hall–Kier alpha value is -0.0900. The van der Waals surface area contributed by atoms with Gasteiger partial charge in [0, 0.05) is 12.3 Å². The van der Waals surface area contributed by atoms with Crippen LogP contribution in [0, 0.1) is 11.3 Å². The number of sulfone groups is 1. The highest BCUT2D eigenvalue weighted by Gasteiger charge is 2.41. The molecular weight excluding hydrogens is 270 g/mol. The molecule has 1 N–H and O–H groups in total. The van der Waals surface area contributed by atoms with Crippen molar-refractivity contribution >= 4 is 9.84 Å². The Morgan fingerprint density at radius 2 is 1.75 bits per heavy atom. The average Bonchev–Trinajstić information content (AvgIpc) is 2.39. The van der Waals surface area contributed by atoms with Crippen molar-refractivity contribution in [2.24, 2.45) is 11.3 Å². The molecule has 0 amide bonds. The van der Waals surface area contributed by atoms with Crippen LogP contribution in [-0.2, 0) is 9.84 Å². The first kappa shape index (κ1) is 16.3. The van der Waals surface area contributed by atoms with Crippen molar-refractivity contribution in [2.75, 3.05) is 13.3 Å². The summed E-state index contributed by atoms with van der Waals surface area (Å²) in [6.07, 6.45) is 12.0. The number of hydrogen-bond donors (Lipinski definition) is 1. The molecule has 3 atom stereocenters. The largest absolute Gasteiger partial charge is 0.316 e. The van der Waals surface area contributed by atoms with Gasteiger partial charge in [0.05, 0.1) is 5.25 Å². The molecule has 4 heteroatoms. The van der Waals surface area contributed by atoms with E-state index in [4.69, 9.17) is 0 Å². The molecule has 2 saturated carbocycles. The molecule has 2 fully saturated rings. The topological polar surface area (TPSA) is 46.2 Å². The molecular formula is C16H31NO2S. The van der Waals surface area contributed by atoms with Crippen LogP contribution in [0.2, 0.25) is 0 Å². The number of nitrogens with one attached hydrogen (secondary N) is 1. The van der Waals surface area contributed by atoms with Gasteiger partial charge in [-0.05, 0) is 50.5 Å². The molecule has 2 rings (SSSR count). The van der Waals surface area contributed by atoms with E-state index in [2.05, 4.69) is 19.3 Å². The maximum Gasteiger partial charge on any atom is 0.150 e. The van der Waals surface area contributed by atoms with Crippen LogP contribution >= 0.6 is 0 Å². The van der Waals surface area contributed by atoms with E-state index in [-0.39, 0.29) is 5.25 Å². The molecule has 2 aliphatic rings. The maximum atomic E-state index is 11.9. The fourth-order valence-electron chi connectivity index (χ4n) is 4.70. The van der Waals surface area contributed by atoms with Gasteiger partial charge in [0.15, 0.2) is 0 Å². The van der Waals surface area contributed by atoms with Gasteiger partial charge in [-0.1, -0.05) is 32.6 Å². The van der Waals surface area contributed by atoms with Gasteiger partial charge in [0.25, 0.3) is 0 Å². The lowest BCUT2D eigenvalue weighted by molar-refractivity contribution is 0.0913. The van der Waals surface area contributed by atoms with Crippen LogP contribution in [-0.4, -0.2) is 33.0 Å². The zero-order valence-electron chi connectivity index (χ0n) is 13.3. The summed E-state index contributed by atoms with van der Waals surface area (Å²) in [4.78, 5) is 0. The van der Waals surface area contributed by atoms with Crippen LogP contribution in [0.1, 0.15) is 64.7 Å². The first-order valence-corrected chi connectivity index (χ1v) is 10.2. The minimum atomic E-state index is -2.88. The smallest absolute Gasteiger partial charge is 0.150 e. The molecule has 118 valence electrons. The first-order chi connectivity index (χ1) is 9.37. The van der Waals surface area contributed by atoms with E-state index in [1.54, 1.807) is 0 Å². The quantitative estimate of drug-likeness (QED) is 0.867. The predicted molar refractivity (Wildman–Crippen MR) is 84.6 cm³/mol. The molecule has 0 aromatic heterocycles. The lowest BCUT2D eigenvalue weighted by Crippen LogP contribution is -2.50. The lowest BCUT2D eigenvalue weighted by atomic mass is 9.64. The third-order valence-electron chi connectivity index (χ3n) is 5.80. The van der Waals surface area contributed by atoms with Gasteiger partial charge >= 0.3 is 0 Å². The number of hydrogen-bond acceptors (Lipinski definition) is 3. The Kier molecular flexibility index (Phi) is 5.17. The summed E-state index contributed by atoms with van der Waals surface area (Å²) < 4.78 is 23.8. The first-order valence-electron chi connectivity index (χ1n) is 8.23. The van der Waals surface area contributed by atoms with E-state index in [9.17, 15) is 8.42 Å². The third kappa shape index (κ3) is 3.56. The normalized spacial score (nSPS) is 32.8. The van der Waals surface area contributed by atoms with Crippen molar-refractivity contribution in [1.82, 2.24) is 5.32 Å². The molecule has 3 nitrogen and oxygen atoms in total. The standard InChI is InChI=1S/C16H31NO2S/c1-16(10-5-4-6-11-16)15(17-2)13-8-7-9-14(12-13)20(3,18)19/h13-15,17H,4-12H2,1-3H3. The molecule has 0 bridgehead atoms. The second kappa shape index (κ2) is 6.35. The van der Waals surface area contributed by atoms with Crippen LogP contribution in [0.25, 0.3) is 0 Å². The Bertz CT molecular complexity index is 412. The summed E-state index contributed by atoms with van der Waals surface area (Å²) in [7, 11) is -0.815. The lowest BCUT2D eigenvalue weighted by Gasteiger charge is -2.46. The van der Waals surface area contributed by atoms with Crippen LogP contribution in [0.3, 0.4) is 0 Å².